The number of hydrogen-bond donors (Lipinski definition) is 2. The molecule has 2 N–H and O–H groups in total. The highest BCUT2D eigenvalue weighted by Gasteiger charge is 2.27. The minimum Gasteiger partial charge on any atom is -0.361 e. The van der Waals surface area contributed by atoms with Gasteiger partial charge in [-0.2, -0.15) is 0 Å². The second-order valence-corrected chi connectivity index (χ2v) is 4.05. The molecule has 3 rings (SSSR count). The lowest BCUT2D eigenvalue weighted by molar-refractivity contribution is -0.531. The molecule has 0 radical (unpaired) electrons. The van der Waals surface area contributed by atoms with Gasteiger partial charge in [-0.1, -0.05) is 18.2 Å². The van der Waals surface area contributed by atoms with Gasteiger partial charge >= 0.3 is 0 Å². The summed E-state index contributed by atoms with van der Waals surface area (Å²) in [5.74, 6) is 0. The van der Waals surface area contributed by atoms with Gasteiger partial charge in [-0.05, 0) is 18.2 Å². The summed E-state index contributed by atoms with van der Waals surface area (Å²) in [7, 11) is 2.08. The van der Waals surface area contributed by atoms with Gasteiger partial charge in [0, 0.05) is 11.8 Å². The molecule has 0 spiro atoms. The molecule has 0 saturated carbocycles. The monoisotopic (exact) mass is 212 g/mol. The minimum atomic E-state index is 0.271. The van der Waals surface area contributed by atoms with E-state index in [0.29, 0.717) is 0 Å². The van der Waals surface area contributed by atoms with Crippen molar-refractivity contribution in [3.63, 3.8) is 0 Å². The predicted molar refractivity (Wildman–Crippen MR) is 64.9 cm³/mol. The van der Waals surface area contributed by atoms with Crippen LogP contribution in [0.5, 0.6) is 0 Å². The first-order valence-electron chi connectivity index (χ1n) is 5.40. The third-order valence-electron chi connectivity index (χ3n) is 3.00. The van der Waals surface area contributed by atoms with E-state index in [-0.39, 0.29) is 6.04 Å². The third kappa shape index (κ3) is 1.33. The molecule has 2 heterocycles. The summed E-state index contributed by atoms with van der Waals surface area (Å²) in [6.45, 7) is 0. The van der Waals surface area contributed by atoms with Gasteiger partial charge in [0.25, 0.3) is 0 Å². The average Bonchev–Trinajstić information content (AvgIpc) is 2.82. The van der Waals surface area contributed by atoms with Crippen molar-refractivity contribution in [2.45, 2.75) is 6.04 Å². The first kappa shape index (κ1) is 9.21. The van der Waals surface area contributed by atoms with Gasteiger partial charge in [-0.3, -0.25) is 4.58 Å². The fourth-order valence-corrected chi connectivity index (χ4v) is 2.23. The molecule has 1 unspecified atom stereocenters. The summed E-state index contributed by atoms with van der Waals surface area (Å²) in [5, 5.41) is 3.29. The molecule has 2 aromatic rings. The number of aromatic amines is 1. The summed E-state index contributed by atoms with van der Waals surface area (Å²) in [5.41, 5.74) is 3.70. The summed E-state index contributed by atoms with van der Waals surface area (Å²) < 4.78 is 2.17. The Morgan fingerprint density at radius 2 is 2.00 bits per heavy atom. The van der Waals surface area contributed by atoms with Crippen LogP contribution in [0.3, 0.4) is 0 Å². The topological polar surface area (TPSA) is 30.8 Å². The lowest BCUT2D eigenvalue weighted by atomic mass is 10.0. The zero-order valence-corrected chi connectivity index (χ0v) is 9.14. The minimum absolute atomic E-state index is 0.271. The summed E-state index contributed by atoms with van der Waals surface area (Å²) in [6.07, 6.45) is 3.97. The third-order valence-corrected chi connectivity index (χ3v) is 3.00. The van der Waals surface area contributed by atoms with Crippen LogP contribution in [0, 0.1) is 0 Å². The molecule has 1 atom stereocenters. The Morgan fingerprint density at radius 3 is 2.81 bits per heavy atom. The maximum atomic E-state index is 3.29. The standard InChI is InChI=1S/C13H13N3/c1-16-9-15-11-6-3-2-5-10(11)13(16)12-7-4-8-14-12/h2-9,13-14H,1H3/p+1. The van der Waals surface area contributed by atoms with E-state index < -0.39 is 0 Å². The van der Waals surface area contributed by atoms with E-state index in [1.165, 1.54) is 16.9 Å². The van der Waals surface area contributed by atoms with E-state index in [2.05, 4.69) is 52.3 Å². The normalized spacial score (nSPS) is 18.6. The van der Waals surface area contributed by atoms with E-state index in [4.69, 9.17) is 0 Å². The first-order chi connectivity index (χ1) is 7.86. The maximum absolute atomic E-state index is 3.29. The van der Waals surface area contributed by atoms with Crippen molar-refractivity contribution in [2.24, 2.45) is 0 Å². The maximum Gasteiger partial charge on any atom is 0.237 e. The molecule has 0 amide bonds. The van der Waals surface area contributed by atoms with Gasteiger partial charge in [0.05, 0.1) is 12.7 Å². The number of anilines is 1. The smallest absolute Gasteiger partial charge is 0.237 e. The number of nitrogens with zero attached hydrogens (tertiary/aromatic N) is 1. The van der Waals surface area contributed by atoms with Gasteiger partial charge in [-0.25, -0.2) is 5.32 Å². The number of benzene rings is 1. The second-order valence-electron chi connectivity index (χ2n) is 4.05. The van der Waals surface area contributed by atoms with E-state index in [1.54, 1.807) is 0 Å². The molecule has 1 aromatic carbocycles. The molecule has 0 bridgehead atoms. The van der Waals surface area contributed by atoms with Crippen molar-refractivity contribution in [1.82, 2.24) is 4.98 Å². The summed E-state index contributed by atoms with van der Waals surface area (Å²) >= 11 is 0. The Labute approximate surface area is 94.4 Å². The van der Waals surface area contributed by atoms with E-state index in [0.717, 1.165) is 0 Å². The highest BCUT2D eigenvalue weighted by atomic mass is 15.1. The average molecular weight is 212 g/mol. The van der Waals surface area contributed by atoms with Gasteiger partial charge in [0.2, 0.25) is 6.34 Å². The van der Waals surface area contributed by atoms with Crippen LogP contribution in [0.1, 0.15) is 17.3 Å². The zero-order valence-electron chi connectivity index (χ0n) is 9.14. The Kier molecular flexibility index (Phi) is 2.03. The fraction of sp³-hybridized carbons (Fsp3) is 0.154. The van der Waals surface area contributed by atoms with Crippen molar-refractivity contribution < 1.29 is 4.58 Å². The Morgan fingerprint density at radius 1 is 1.12 bits per heavy atom. The highest BCUT2D eigenvalue weighted by Crippen LogP contribution is 2.31. The quantitative estimate of drug-likeness (QED) is 0.697. The van der Waals surface area contributed by atoms with Crippen LogP contribution in [0.4, 0.5) is 5.69 Å². The number of aromatic nitrogens is 1. The van der Waals surface area contributed by atoms with Crippen LogP contribution in [0.15, 0.2) is 42.6 Å². The van der Waals surface area contributed by atoms with E-state index in [9.17, 15) is 0 Å². The number of rotatable bonds is 1. The number of H-pyrrole nitrogens is 1. The molecule has 16 heavy (non-hydrogen) atoms. The van der Waals surface area contributed by atoms with Crippen molar-refractivity contribution in [2.75, 3.05) is 12.4 Å². The number of fused-ring (bicyclic) bond motifs is 1. The molecule has 1 aliphatic rings. The molecule has 0 fully saturated rings. The van der Waals surface area contributed by atoms with E-state index >= 15 is 0 Å². The SMILES string of the molecule is C[N+]1=CNc2ccccc2C1c1ccc[nH]1. The number of para-hydroxylation sites is 1. The van der Waals surface area contributed by atoms with Crippen molar-refractivity contribution in [1.29, 1.82) is 0 Å². The Hall–Kier alpha value is -2.03. The van der Waals surface area contributed by atoms with Gasteiger partial charge < -0.3 is 4.98 Å². The number of hydrogen-bond acceptors (Lipinski definition) is 1. The molecular weight excluding hydrogens is 198 g/mol. The molecule has 0 aliphatic carbocycles. The molecule has 3 nitrogen and oxygen atoms in total. The van der Waals surface area contributed by atoms with E-state index in [1.807, 2.05) is 18.6 Å². The molecule has 0 saturated heterocycles. The van der Waals surface area contributed by atoms with Crippen LogP contribution in [-0.2, 0) is 0 Å². The lowest BCUT2D eigenvalue weighted by Gasteiger charge is -2.21. The van der Waals surface area contributed by atoms with Gasteiger partial charge in [0.1, 0.15) is 5.69 Å². The lowest BCUT2D eigenvalue weighted by Crippen LogP contribution is -2.26. The van der Waals surface area contributed by atoms with Crippen molar-refractivity contribution in [3.05, 3.63) is 53.9 Å². The molecule has 3 heteroatoms. The van der Waals surface area contributed by atoms with Crippen LogP contribution < -0.4 is 5.32 Å². The van der Waals surface area contributed by atoms with Crippen LogP contribution in [-0.4, -0.2) is 22.9 Å². The Bertz CT molecular complexity index is 526. The van der Waals surface area contributed by atoms with Gasteiger partial charge in [0.15, 0.2) is 6.04 Å². The van der Waals surface area contributed by atoms with Gasteiger partial charge in [-0.15, -0.1) is 0 Å². The fourth-order valence-electron chi connectivity index (χ4n) is 2.23. The molecule has 1 aliphatic heterocycles. The second kappa shape index (κ2) is 3.52. The highest BCUT2D eigenvalue weighted by molar-refractivity contribution is 5.76. The summed E-state index contributed by atoms with van der Waals surface area (Å²) in [6, 6.07) is 12.8. The number of nitrogens with one attached hydrogen (secondary N) is 2. The van der Waals surface area contributed by atoms with Crippen LogP contribution in [0.2, 0.25) is 0 Å². The molecular formula is C13H14N3+. The van der Waals surface area contributed by atoms with Crippen molar-refractivity contribution in [3.8, 4) is 0 Å². The van der Waals surface area contributed by atoms with Crippen molar-refractivity contribution >= 4 is 12.0 Å². The predicted octanol–water partition coefficient (Wildman–Crippen LogP) is 2.20. The van der Waals surface area contributed by atoms with Crippen LogP contribution >= 0.6 is 0 Å². The largest absolute Gasteiger partial charge is 0.361 e. The van der Waals surface area contributed by atoms with Crippen LogP contribution in [0.25, 0.3) is 0 Å². The zero-order chi connectivity index (χ0) is 11.0. The molecule has 80 valence electrons. The Balaban J connectivity index is 2.15. The summed E-state index contributed by atoms with van der Waals surface area (Å²) in [4.78, 5) is 3.29. The first-order valence-corrected chi connectivity index (χ1v) is 5.40. The molecule has 1 aromatic heterocycles.